The Labute approximate surface area is 53.9 Å². The summed E-state index contributed by atoms with van der Waals surface area (Å²) in [4.78, 5) is 0. The first-order chi connectivity index (χ1) is 4.20. The van der Waals surface area contributed by atoms with E-state index in [1.54, 1.807) is 6.08 Å². The number of nitrogens with one attached hydrogen (secondary N) is 1. The highest BCUT2D eigenvalue weighted by atomic mass is 15.3. The Balaban J connectivity index is 2.87. The Morgan fingerprint density at radius 2 is 2.44 bits per heavy atom. The molecule has 0 spiro atoms. The van der Waals surface area contributed by atoms with E-state index in [4.69, 9.17) is 5.73 Å². The zero-order valence-electron chi connectivity index (χ0n) is 5.31. The fourth-order valence-corrected chi connectivity index (χ4v) is 0.545. The van der Waals surface area contributed by atoms with Crippen LogP contribution in [-0.2, 0) is 0 Å². The van der Waals surface area contributed by atoms with Crippen molar-refractivity contribution in [3.8, 4) is 0 Å². The summed E-state index contributed by atoms with van der Waals surface area (Å²) >= 11 is 0. The summed E-state index contributed by atoms with van der Waals surface area (Å²) in [5, 5.41) is 3.87. The second kappa shape index (κ2) is 1.93. The largest absolute Gasteiger partial charge is 0.397 e. The van der Waals surface area contributed by atoms with Crippen LogP contribution in [0.4, 0.5) is 0 Å². The number of hydrogen-bond acceptors (Lipinski definition) is 3. The van der Waals surface area contributed by atoms with Gasteiger partial charge in [0.05, 0.1) is 17.1 Å². The highest BCUT2D eigenvalue weighted by molar-refractivity contribution is 5.98. The van der Waals surface area contributed by atoms with Crippen LogP contribution in [0, 0.1) is 0 Å². The lowest BCUT2D eigenvalue weighted by atomic mass is 10.2. The minimum absolute atomic E-state index is 0.679. The monoisotopic (exact) mass is 123 g/mol. The molecule has 1 aliphatic rings. The van der Waals surface area contributed by atoms with Gasteiger partial charge in [0.2, 0.25) is 0 Å². The Morgan fingerprint density at radius 3 is 2.89 bits per heavy atom. The molecule has 0 bridgehead atoms. The van der Waals surface area contributed by atoms with Gasteiger partial charge in [-0.1, -0.05) is 6.58 Å². The lowest BCUT2D eigenvalue weighted by molar-refractivity contribution is 0.902. The highest BCUT2D eigenvalue weighted by Crippen LogP contribution is 2.00. The van der Waals surface area contributed by atoms with Gasteiger partial charge in [-0.3, -0.25) is 5.43 Å². The van der Waals surface area contributed by atoms with Gasteiger partial charge in [0.25, 0.3) is 0 Å². The molecule has 0 aromatic carbocycles. The second-order valence-corrected chi connectivity index (χ2v) is 1.93. The maximum absolute atomic E-state index is 5.50. The van der Waals surface area contributed by atoms with Gasteiger partial charge in [-0.05, 0) is 13.0 Å². The molecule has 9 heavy (non-hydrogen) atoms. The highest BCUT2D eigenvalue weighted by Gasteiger charge is 2.01. The summed E-state index contributed by atoms with van der Waals surface area (Å²) < 4.78 is 0. The molecule has 3 nitrogen and oxygen atoms in total. The number of hydrogen-bond donors (Lipinski definition) is 2. The normalized spacial score (nSPS) is 18.1. The van der Waals surface area contributed by atoms with Crippen molar-refractivity contribution in [2.75, 3.05) is 0 Å². The lowest BCUT2D eigenvalue weighted by Gasteiger charge is -2.09. The van der Waals surface area contributed by atoms with Gasteiger partial charge < -0.3 is 5.73 Å². The molecule has 0 aliphatic carbocycles. The molecule has 1 heterocycles. The smallest absolute Gasteiger partial charge is 0.0805 e. The average molecular weight is 123 g/mol. The van der Waals surface area contributed by atoms with Crippen molar-refractivity contribution in [1.29, 1.82) is 0 Å². The molecule has 0 radical (unpaired) electrons. The SMILES string of the molecule is C=C1C=C(N)C(C)=NN1. The summed E-state index contributed by atoms with van der Waals surface area (Å²) in [5.41, 5.74) is 10.4. The molecule has 0 fully saturated rings. The first-order valence-corrected chi connectivity index (χ1v) is 2.67. The van der Waals surface area contributed by atoms with Crippen molar-refractivity contribution in [3.63, 3.8) is 0 Å². The van der Waals surface area contributed by atoms with Crippen molar-refractivity contribution in [1.82, 2.24) is 5.43 Å². The van der Waals surface area contributed by atoms with E-state index >= 15 is 0 Å². The third-order valence-corrected chi connectivity index (χ3v) is 1.11. The van der Waals surface area contributed by atoms with E-state index in [2.05, 4.69) is 17.1 Å². The topological polar surface area (TPSA) is 50.4 Å². The van der Waals surface area contributed by atoms with E-state index in [1.165, 1.54) is 0 Å². The van der Waals surface area contributed by atoms with Crippen LogP contribution in [0.3, 0.4) is 0 Å². The van der Waals surface area contributed by atoms with Crippen molar-refractivity contribution in [3.05, 3.63) is 24.0 Å². The fourth-order valence-electron chi connectivity index (χ4n) is 0.545. The number of rotatable bonds is 0. The van der Waals surface area contributed by atoms with Crippen LogP contribution in [-0.4, -0.2) is 5.71 Å². The zero-order chi connectivity index (χ0) is 6.85. The van der Waals surface area contributed by atoms with Crippen LogP contribution in [0.2, 0.25) is 0 Å². The summed E-state index contributed by atoms with van der Waals surface area (Å²) in [5.74, 6) is 0. The number of hydrazone groups is 1. The van der Waals surface area contributed by atoms with Crippen molar-refractivity contribution >= 4 is 5.71 Å². The van der Waals surface area contributed by atoms with Gasteiger partial charge >= 0.3 is 0 Å². The molecule has 0 amide bonds. The molecule has 0 saturated heterocycles. The first kappa shape index (κ1) is 5.88. The minimum Gasteiger partial charge on any atom is -0.397 e. The van der Waals surface area contributed by atoms with Gasteiger partial charge in [0, 0.05) is 0 Å². The average Bonchev–Trinajstić information content (AvgIpc) is 1.80. The number of nitrogens with zero attached hydrogens (tertiary/aromatic N) is 1. The minimum atomic E-state index is 0.679. The molecule has 1 aliphatic heterocycles. The van der Waals surface area contributed by atoms with E-state index in [9.17, 15) is 0 Å². The molecule has 3 N–H and O–H groups in total. The molecule has 3 heteroatoms. The third-order valence-electron chi connectivity index (χ3n) is 1.11. The third kappa shape index (κ3) is 1.10. The van der Waals surface area contributed by atoms with Gasteiger partial charge in [-0.15, -0.1) is 0 Å². The van der Waals surface area contributed by atoms with Crippen molar-refractivity contribution in [2.45, 2.75) is 6.92 Å². The van der Waals surface area contributed by atoms with Crippen LogP contribution < -0.4 is 11.2 Å². The number of nitrogens with two attached hydrogens (primary N) is 1. The summed E-state index contributed by atoms with van der Waals surface area (Å²) in [7, 11) is 0. The van der Waals surface area contributed by atoms with Crippen molar-refractivity contribution in [2.24, 2.45) is 10.8 Å². The molecule has 0 unspecified atom stereocenters. The van der Waals surface area contributed by atoms with E-state index in [-0.39, 0.29) is 0 Å². The maximum atomic E-state index is 5.50. The summed E-state index contributed by atoms with van der Waals surface area (Å²) in [6.45, 7) is 5.46. The van der Waals surface area contributed by atoms with Gasteiger partial charge in [-0.2, -0.15) is 5.10 Å². The van der Waals surface area contributed by atoms with Crippen LogP contribution in [0.1, 0.15) is 6.92 Å². The van der Waals surface area contributed by atoms with E-state index < -0.39 is 0 Å². The molecular weight excluding hydrogens is 114 g/mol. The van der Waals surface area contributed by atoms with Crippen LogP contribution in [0.5, 0.6) is 0 Å². The Bertz CT molecular complexity index is 200. The Kier molecular flexibility index (Phi) is 1.26. The van der Waals surface area contributed by atoms with Crippen molar-refractivity contribution < 1.29 is 0 Å². The Morgan fingerprint density at radius 1 is 1.78 bits per heavy atom. The van der Waals surface area contributed by atoms with Gasteiger partial charge in [0.1, 0.15) is 0 Å². The van der Waals surface area contributed by atoms with Crippen LogP contribution >= 0.6 is 0 Å². The summed E-state index contributed by atoms with van der Waals surface area (Å²) in [6, 6.07) is 0. The fraction of sp³-hybridized carbons (Fsp3) is 0.167. The van der Waals surface area contributed by atoms with E-state index in [1.807, 2.05) is 6.92 Å². The molecule has 1 rings (SSSR count). The number of allylic oxidation sites excluding steroid dienone is 2. The second-order valence-electron chi connectivity index (χ2n) is 1.93. The molecule has 0 atom stereocenters. The molecular formula is C6H9N3. The van der Waals surface area contributed by atoms with E-state index in [0.717, 1.165) is 11.4 Å². The predicted molar refractivity (Wildman–Crippen MR) is 37.7 cm³/mol. The summed E-state index contributed by atoms with van der Waals surface area (Å²) in [6.07, 6.45) is 1.75. The molecule has 0 aromatic heterocycles. The molecule has 0 saturated carbocycles. The molecule has 48 valence electrons. The Hall–Kier alpha value is -1.25. The standard InChI is InChI=1S/C6H9N3/c1-4-3-6(7)5(2)9-8-4/h3,8H,1,7H2,2H3. The van der Waals surface area contributed by atoms with Gasteiger partial charge in [-0.25, -0.2) is 0 Å². The van der Waals surface area contributed by atoms with Crippen LogP contribution in [0.15, 0.2) is 29.2 Å². The van der Waals surface area contributed by atoms with Gasteiger partial charge in [0.15, 0.2) is 0 Å². The first-order valence-electron chi connectivity index (χ1n) is 2.67. The van der Waals surface area contributed by atoms with Crippen LogP contribution in [0.25, 0.3) is 0 Å². The predicted octanol–water partition coefficient (Wildman–Crippen LogP) is 0.322. The lowest BCUT2D eigenvalue weighted by Crippen LogP contribution is -2.19. The quantitative estimate of drug-likeness (QED) is 0.487. The van der Waals surface area contributed by atoms with E-state index in [0.29, 0.717) is 5.70 Å². The maximum Gasteiger partial charge on any atom is 0.0805 e. The molecule has 0 aromatic rings. The zero-order valence-corrected chi connectivity index (χ0v) is 5.31.